The summed E-state index contributed by atoms with van der Waals surface area (Å²) in [5, 5.41) is 0. The van der Waals surface area contributed by atoms with Crippen LogP contribution in [0, 0.1) is 0 Å². The van der Waals surface area contributed by atoms with Gasteiger partial charge in [0.05, 0.1) is 46.2 Å². The van der Waals surface area contributed by atoms with E-state index in [0.29, 0.717) is 46.2 Å². The third-order valence-corrected chi connectivity index (χ3v) is 7.67. The number of carbonyl (C=O) groups excluding carboxylic acids is 1. The van der Waals surface area contributed by atoms with Crippen molar-refractivity contribution >= 4 is 11.6 Å². The molecule has 4 aromatic rings. The van der Waals surface area contributed by atoms with E-state index in [-0.39, 0.29) is 5.91 Å². The third kappa shape index (κ3) is 4.18. The predicted molar refractivity (Wildman–Crippen MR) is 152 cm³/mol. The molecule has 6 rings (SSSR count). The van der Waals surface area contributed by atoms with Crippen LogP contribution in [0.15, 0.2) is 91.0 Å². The van der Waals surface area contributed by atoms with Gasteiger partial charge in [0.15, 0.2) is 29.3 Å². The number of anilines is 1. The molecule has 1 saturated heterocycles. The molecule has 41 heavy (non-hydrogen) atoms. The molecule has 2 aliphatic heterocycles. The summed E-state index contributed by atoms with van der Waals surface area (Å²) in [5.74, 6) is 1.74. The van der Waals surface area contributed by atoms with Crippen molar-refractivity contribution in [2.45, 2.75) is 24.5 Å². The van der Waals surface area contributed by atoms with E-state index in [4.69, 9.17) is 28.4 Å². The lowest BCUT2D eigenvalue weighted by Gasteiger charge is -2.29. The van der Waals surface area contributed by atoms with Gasteiger partial charge in [-0.25, -0.2) is 0 Å². The molecule has 2 aliphatic rings. The number of fused-ring (bicyclic) bond motifs is 2. The smallest absolute Gasteiger partial charge is 0.267 e. The first-order valence-electron chi connectivity index (χ1n) is 13.3. The van der Waals surface area contributed by atoms with Gasteiger partial charge in [0.1, 0.15) is 6.10 Å². The number of hydrogen-bond acceptors (Lipinski definition) is 7. The van der Waals surface area contributed by atoms with Gasteiger partial charge in [-0.3, -0.25) is 4.79 Å². The molecule has 0 aliphatic carbocycles. The SMILES string of the molecule is COc1cccc([C@H]2O[C@@H](c3cccc(OC)c3OC)[C@@]3(O2)C(=O)N(Cc2ccccc2)c2ccccc23)c1OC. The monoisotopic (exact) mass is 553 g/mol. The Morgan fingerprint density at radius 3 is 1.98 bits per heavy atom. The second-order valence-corrected chi connectivity index (χ2v) is 9.76. The van der Waals surface area contributed by atoms with Gasteiger partial charge in [-0.1, -0.05) is 66.7 Å². The molecule has 0 saturated carbocycles. The van der Waals surface area contributed by atoms with Gasteiger partial charge in [-0.15, -0.1) is 0 Å². The molecule has 8 heteroatoms. The molecule has 0 aromatic heterocycles. The first-order chi connectivity index (χ1) is 20.1. The van der Waals surface area contributed by atoms with Crippen molar-refractivity contribution in [3.63, 3.8) is 0 Å². The van der Waals surface area contributed by atoms with Crippen LogP contribution in [0.4, 0.5) is 5.69 Å². The average molecular weight is 554 g/mol. The van der Waals surface area contributed by atoms with E-state index in [1.807, 2.05) is 78.9 Å². The number of hydrogen-bond donors (Lipinski definition) is 0. The average Bonchev–Trinajstić information content (AvgIpc) is 3.53. The molecule has 0 radical (unpaired) electrons. The number of para-hydroxylation sites is 3. The highest BCUT2D eigenvalue weighted by molar-refractivity contribution is 6.08. The van der Waals surface area contributed by atoms with Gasteiger partial charge in [-0.05, 0) is 29.8 Å². The highest BCUT2D eigenvalue weighted by atomic mass is 16.7. The summed E-state index contributed by atoms with van der Waals surface area (Å²) in [4.78, 5) is 16.5. The van der Waals surface area contributed by atoms with Gasteiger partial charge in [0.2, 0.25) is 5.60 Å². The lowest BCUT2D eigenvalue weighted by Crippen LogP contribution is -2.43. The second kappa shape index (κ2) is 10.8. The molecule has 1 amide bonds. The van der Waals surface area contributed by atoms with Crippen LogP contribution in [0.25, 0.3) is 0 Å². The van der Waals surface area contributed by atoms with E-state index >= 15 is 0 Å². The first kappa shape index (κ1) is 26.7. The summed E-state index contributed by atoms with van der Waals surface area (Å²) < 4.78 is 36.3. The largest absolute Gasteiger partial charge is 0.493 e. The number of carbonyl (C=O) groups is 1. The standard InChI is InChI=1S/C33H31NO7/c1-36-26-18-10-14-22(28(26)38-3)30-33(41-31(40-30)23-15-11-19-27(37-2)29(23)39-4)24-16-8-9-17-25(24)34(32(33)35)20-21-12-6-5-7-13-21/h5-19,30-31H,20H2,1-4H3/t30-,31-,33+/m0/s1. The van der Waals surface area contributed by atoms with Gasteiger partial charge < -0.3 is 33.3 Å². The second-order valence-electron chi connectivity index (χ2n) is 9.76. The Morgan fingerprint density at radius 1 is 0.707 bits per heavy atom. The van der Waals surface area contributed by atoms with Crippen LogP contribution in [-0.4, -0.2) is 34.3 Å². The van der Waals surface area contributed by atoms with Crippen molar-refractivity contribution in [1.29, 1.82) is 0 Å². The fraction of sp³-hybridized carbons (Fsp3) is 0.242. The van der Waals surface area contributed by atoms with Gasteiger partial charge in [0, 0.05) is 11.1 Å². The maximum Gasteiger partial charge on any atom is 0.267 e. The summed E-state index contributed by atoms with van der Waals surface area (Å²) in [5.41, 5.74) is 2.16. The van der Waals surface area contributed by atoms with Gasteiger partial charge >= 0.3 is 0 Å². The van der Waals surface area contributed by atoms with Crippen molar-refractivity contribution in [3.05, 3.63) is 113 Å². The summed E-state index contributed by atoms with van der Waals surface area (Å²) >= 11 is 0. The van der Waals surface area contributed by atoms with E-state index in [9.17, 15) is 4.79 Å². The number of ether oxygens (including phenoxy) is 6. The zero-order valence-electron chi connectivity index (χ0n) is 23.3. The van der Waals surface area contributed by atoms with Crippen LogP contribution < -0.4 is 23.8 Å². The van der Waals surface area contributed by atoms with E-state index in [1.165, 1.54) is 0 Å². The molecule has 0 bridgehead atoms. The van der Waals surface area contributed by atoms with Crippen LogP contribution >= 0.6 is 0 Å². The summed E-state index contributed by atoms with van der Waals surface area (Å²) in [7, 11) is 6.28. The Bertz CT molecular complexity index is 1570. The van der Waals surface area contributed by atoms with Crippen LogP contribution in [0.1, 0.15) is 34.6 Å². The van der Waals surface area contributed by atoms with Crippen LogP contribution in [0.2, 0.25) is 0 Å². The Kier molecular flexibility index (Phi) is 7.03. The number of rotatable bonds is 8. The Labute approximate surface area is 238 Å². The molecule has 1 spiro atoms. The minimum absolute atomic E-state index is 0.234. The quantitative estimate of drug-likeness (QED) is 0.267. The molecule has 1 fully saturated rings. The molecule has 2 heterocycles. The number of methoxy groups -OCH3 is 4. The Morgan fingerprint density at radius 2 is 1.32 bits per heavy atom. The van der Waals surface area contributed by atoms with Crippen molar-refractivity contribution in [2.75, 3.05) is 33.3 Å². The Balaban J connectivity index is 1.56. The van der Waals surface area contributed by atoms with Crippen LogP contribution in [0.3, 0.4) is 0 Å². The maximum absolute atomic E-state index is 14.8. The Hall–Kier alpha value is -4.53. The third-order valence-electron chi connectivity index (χ3n) is 7.67. The van der Waals surface area contributed by atoms with Gasteiger partial charge in [0.25, 0.3) is 5.91 Å². The van der Waals surface area contributed by atoms with Gasteiger partial charge in [-0.2, -0.15) is 0 Å². The molecule has 210 valence electrons. The number of nitrogens with zero attached hydrogens (tertiary/aromatic N) is 1. The van der Waals surface area contributed by atoms with E-state index in [0.717, 1.165) is 11.3 Å². The summed E-state index contributed by atoms with van der Waals surface area (Å²) in [6, 6.07) is 28.6. The predicted octanol–water partition coefficient (Wildman–Crippen LogP) is 5.95. The van der Waals surface area contributed by atoms with Crippen LogP contribution in [0.5, 0.6) is 23.0 Å². The van der Waals surface area contributed by atoms with Crippen molar-refractivity contribution in [1.82, 2.24) is 0 Å². The highest BCUT2D eigenvalue weighted by Gasteiger charge is 2.64. The topological polar surface area (TPSA) is 75.7 Å². The highest BCUT2D eigenvalue weighted by Crippen LogP contribution is 2.61. The molecule has 8 nitrogen and oxygen atoms in total. The van der Waals surface area contributed by atoms with E-state index in [2.05, 4.69) is 0 Å². The normalized spacial score (nSPS) is 21.2. The fourth-order valence-electron chi connectivity index (χ4n) is 5.86. The minimum Gasteiger partial charge on any atom is -0.493 e. The molecule has 0 N–H and O–H groups in total. The minimum atomic E-state index is -1.52. The number of benzene rings is 4. The fourth-order valence-corrected chi connectivity index (χ4v) is 5.86. The van der Waals surface area contributed by atoms with E-state index in [1.54, 1.807) is 45.5 Å². The molecule has 3 atom stereocenters. The summed E-state index contributed by atoms with van der Waals surface area (Å²) in [6.07, 6.45) is -1.85. The number of amides is 1. The molecule has 0 unspecified atom stereocenters. The summed E-state index contributed by atoms with van der Waals surface area (Å²) in [6.45, 7) is 0.372. The molecular weight excluding hydrogens is 522 g/mol. The first-order valence-corrected chi connectivity index (χ1v) is 13.3. The zero-order valence-corrected chi connectivity index (χ0v) is 23.3. The van der Waals surface area contributed by atoms with E-state index < -0.39 is 18.0 Å². The van der Waals surface area contributed by atoms with Crippen molar-refractivity contribution in [2.24, 2.45) is 0 Å². The maximum atomic E-state index is 14.8. The lowest BCUT2D eigenvalue weighted by molar-refractivity contribution is -0.146. The van der Waals surface area contributed by atoms with Crippen LogP contribution in [-0.2, 0) is 26.4 Å². The van der Waals surface area contributed by atoms with Crippen molar-refractivity contribution < 1.29 is 33.2 Å². The lowest BCUT2D eigenvalue weighted by atomic mass is 9.85. The van der Waals surface area contributed by atoms with Crippen molar-refractivity contribution in [3.8, 4) is 23.0 Å². The molecular formula is C33H31NO7. The molecule has 4 aromatic carbocycles. The zero-order chi connectivity index (χ0) is 28.6.